The zero-order chi connectivity index (χ0) is 7.28. The van der Waals surface area contributed by atoms with Crippen molar-refractivity contribution in [3.63, 3.8) is 0 Å². The van der Waals surface area contributed by atoms with Gasteiger partial charge < -0.3 is 4.55 Å². The van der Waals surface area contributed by atoms with Gasteiger partial charge in [-0.3, -0.25) is 4.21 Å². The summed E-state index contributed by atoms with van der Waals surface area (Å²) in [7, 11) is 0. The first kappa shape index (κ1) is 13.3. The van der Waals surface area contributed by atoms with Gasteiger partial charge in [0.15, 0.2) is 0 Å². The van der Waals surface area contributed by atoms with Crippen LogP contribution in [0.1, 0.15) is 6.42 Å². The third kappa shape index (κ3) is 11.5. The Hall–Kier alpha value is 0.710. The molecule has 0 aliphatic rings. The molecule has 0 radical (unpaired) electrons. The summed E-state index contributed by atoms with van der Waals surface area (Å²) in [5.74, 6) is -0.239. The van der Waals surface area contributed by atoms with E-state index in [1.165, 1.54) is 0 Å². The van der Waals surface area contributed by atoms with Crippen LogP contribution in [-0.4, -0.2) is 14.5 Å². The third-order valence-corrected chi connectivity index (χ3v) is 1.15. The summed E-state index contributed by atoms with van der Waals surface area (Å²) in [5, 5.41) is 0. The van der Waals surface area contributed by atoms with Gasteiger partial charge in [-0.1, -0.05) is 11.1 Å². The maximum atomic E-state index is 11.1. The van der Waals surface area contributed by atoms with E-state index in [2.05, 4.69) is 0 Å². The van der Waals surface area contributed by atoms with Crippen molar-refractivity contribution in [2.45, 2.75) is 6.42 Å². The molecule has 1 unspecified atom stereocenters. The summed E-state index contributed by atoms with van der Waals surface area (Å²) < 4.78 is 41.7. The van der Waals surface area contributed by atoms with Crippen LogP contribution in [0.15, 0.2) is 12.2 Å². The minimum atomic E-state index is -2.21. The molecular weight excluding hydrogens is 173 g/mol. The molecule has 0 amide bonds. The van der Waals surface area contributed by atoms with Crippen molar-refractivity contribution in [1.82, 2.24) is 0 Å². The van der Waals surface area contributed by atoms with E-state index in [1.807, 2.05) is 0 Å². The van der Waals surface area contributed by atoms with Crippen LogP contribution in [0.5, 0.6) is 0 Å². The van der Waals surface area contributed by atoms with Crippen molar-refractivity contribution in [2.75, 3.05) is 5.75 Å². The minimum absolute atomic E-state index is 0. The van der Waals surface area contributed by atoms with Gasteiger partial charge in [0.25, 0.3) is 6.08 Å². The van der Waals surface area contributed by atoms with Gasteiger partial charge in [0.2, 0.25) is 0 Å². The molecule has 10 heavy (non-hydrogen) atoms. The number of hydrogen-bond acceptors (Lipinski definition) is 2. The number of hydrogen-bond donors (Lipinski definition) is 0. The molecule has 0 heterocycles. The maximum Gasteiger partial charge on any atom is 1.00 e. The molecule has 0 spiro atoms. The van der Waals surface area contributed by atoms with Crippen LogP contribution in [0, 0.1) is 0 Å². The predicted molar refractivity (Wildman–Crippen MR) is 28.7 cm³/mol. The Bertz CT molecular complexity index is 135. The quantitative estimate of drug-likeness (QED) is 0.372. The molecular formula is C4H5F2NaO2S. The Morgan fingerprint density at radius 1 is 1.60 bits per heavy atom. The summed E-state index contributed by atoms with van der Waals surface area (Å²) in [6.07, 6.45) is -1.37. The summed E-state index contributed by atoms with van der Waals surface area (Å²) in [6, 6.07) is 0. The Balaban J connectivity index is 0. The molecule has 0 N–H and O–H groups in total. The molecule has 6 heteroatoms. The standard InChI is InChI=1S/C4H6F2O2S.Na/c5-4(6)2-1-3-9(7)8;/h2H,1,3H2,(H,7,8);/q;+1/p-1. The molecule has 0 rings (SSSR count). The Morgan fingerprint density at radius 3 is 2.40 bits per heavy atom. The molecule has 1 atom stereocenters. The van der Waals surface area contributed by atoms with E-state index in [9.17, 15) is 17.5 Å². The van der Waals surface area contributed by atoms with Gasteiger partial charge >= 0.3 is 29.6 Å². The Labute approximate surface area is 82.3 Å². The molecule has 0 fully saturated rings. The van der Waals surface area contributed by atoms with Crippen molar-refractivity contribution >= 4 is 11.1 Å². The van der Waals surface area contributed by atoms with Crippen LogP contribution >= 0.6 is 0 Å². The SMILES string of the molecule is O=S([O-])CCC=C(F)F.[Na+]. The van der Waals surface area contributed by atoms with Crippen LogP contribution < -0.4 is 29.6 Å². The van der Waals surface area contributed by atoms with Gasteiger partial charge in [0.05, 0.1) is 0 Å². The smallest absolute Gasteiger partial charge is 0.772 e. The molecule has 2 nitrogen and oxygen atoms in total. The van der Waals surface area contributed by atoms with Crippen LogP contribution in [0.4, 0.5) is 8.78 Å². The van der Waals surface area contributed by atoms with E-state index in [0.29, 0.717) is 6.08 Å². The van der Waals surface area contributed by atoms with Gasteiger partial charge in [0.1, 0.15) is 0 Å². The van der Waals surface area contributed by atoms with Crippen molar-refractivity contribution in [3.8, 4) is 0 Å². The van der Waals surface area contributed by atoms with E-state index in [-0.39, 0.29) is 41.7 Å². The van der Waals surface area contributed by atoms with E-state index in [4.69, 9.17) is 0 Å². The van der Waals surface area contributed by atoms with Crippen molar-refractivity contribution in [1.29, 1.82) is 0 Å². The van der Waals surface area contributed by atoms with E-state index < -0.39 is 17.2 Å². The first-order valence-corrected chi connectivity index (χ1v) is 3.44. The van der Waals surface area contributed by atoms with Crippen LogP contribution in [-0.2, 0) is 11.1 Å². The van der Waals surface area contributed by atoms with Crippen molar-refractivity contribution in [2.24, 2.45) is 0 Å². The molecule has 0 saturated heterocycles. The molecule has 54 valence electrons. The summed E-state index contributed by atoms with van der Waals surface area (Å²) in [4.78, 5) is 0. The first-order chi connectivity index (χ1) is 4.13. The van der Waals surface area contributed by atoms with Gasteiger partial charge in [-0.15, -0.1) is 0 Å². The van der Waals surface area contributed by atoms with Gasteiger partial charge in [-0.05, 0) is 12.5 Å². The van der Waals surface area contributed by atoms with E-state index in [1.54, 1.807) is 0 Å². The molecule has 0 aromatic rings. The van der Waals surface area contributed by atoms with Crippen LogP contribution in [0.25, 0.3) is 0 Å². The fraction of sp³-hybridized carbons (Fsp3) is 0.500. The maximum absolute atomic E-state index is 11.1. The summed E-state index contributed by atoms with van der Waals surface area (Å²) >= 11 is -2.21. The largest absolute Gasteiger partial charge is 1.00 e. The van der Waals surface area contributed by atoms with Crippen LogP contribution in [0.3, 0.4) is 0 Å². The zero-order valence-corrected chi connectivity index (χ0v) is 8.29. The Morgan fingerprint density at radius 2 is 2.10 bits per heavy atom. The van der Waals surface area contributed by atoms with Gasteiger partial charge in [0, 0.05) is 5.75 Å². The minimum Gasteiger partial charge on any atom is -0.772 e. The summed E-state index contributed by atoms with van der Waals surface area (Å²) in [5.41, 5.74) is 0. The normalized spacial score (nSPS) is 11.5. The van der Waals surface area contributed by atoms with Crippen molar-refractivity contribution < 1.29 is 47.1 Å². The average Bonchev–Trinajstić information content (AvgIpc) is 1.63. The second kappa shape index (κ2) is 7.81. The number of allylic oxidation sites excluding steroid dienone is 1. The second-order valence-electron chi connectivity index (χ2n) is 1.29. The zero-order valence-electron chi connectivity index (χ0n) is 5.47. The Kier molecular flexibility index (Phi) is 10.4. The van der Waals surface area contributed by atoms with Crippen LogP contribution in [0.2, 0.25) is 0 Å². The fourth-order valence-electron chi connectivity index (χ4n) is 0.264. The average molecular weight is 178 g/mol. The number of rotatable bonds is 3. The molecule has 0 saturated carbocycles. The van der Waals surface area contributed by atoms with Crippen molar-refractivity contribution in [3.05, 3.63) is 12.2 Å². The van der Waals surface area contributed by atoms with Gasteiger partial charge in [-0.25, -0.2) is 0 Å². The second-order valence-corrected chi connectivity index (χ2v) is 2.31. The molecule has 0 aromatic carbocycles. The fourth-order valence-corrected chi connectivity index (χ4v) is 0.575. The van der Waals surface area contributed by atoms with E-state index >= 15 is 0 Å². The molecule has 0 bridgehead atoms. The predicted octanol–water partition coefficient (Wildman–Crippen LogP) is -1.96. The topological polar surface area (TPSA) is 40.1 Å². The number of halogens is 2. The van der Waals surface area contributed by atoms with E-state index in [0.717, 1.165) is 0 Å². The monoisotopic (exact) mass is 178 g/mol. The summed E-state index contributed by atoms with van der Waals surface area (Å²) in [6.45, 7) is 0. The molecule has 0 aliphatic carbocycles. The molecule has 0 aliphatic heterocycles. The first-order valence-electron chi connectivity index (χ1n) is 2.20. The molecule has 0 aromatic heterocycles. The third-order valence-electron chi connectivity index (χ3n) is 0.583. The van der Waals surface area contributed by atoms with Gasteiger partial charge in [-0.2, -0.15) is 8.78 Å².